The van der Waals surface area contributed by atoms with Gasteiger partial charge in [-0.15, -0.1) is 0 Å². The number of fused-ring (bicyclic) bond motifs is 1. The molecule has 5 rings (SSSR count). The van der Waals surface area contributed by atoms with E-state index in [-0.39, 0.29) is 34.7 Å². The molecule has 208 valence electrons. The highest BCUT2D eigenvalue weighted by Gasteiger charge is 2.48. The highest BCUT2D eigenvalue weighted by molar-refractivity contribution is 5.34. The number of likely N-dealkylation sites (tertiary alicyclic amines) is 1. The van der Waals surface area contributed by atoms with Gasteiger partial charge in [0.2, 0.25) is 0 Å². The lowest BCUT2D eigenvalue weighted by Crippen LogP contribution is -2.42. The Kier molecular flexibility index (Phi) is 8.10. The van der Waals surface area contributed by atoms with Crippen molar-refractivity contribution in [3.63, 3.8) is 0 Å². The van der Waals surface area contributed by atoms with Crippen molar-refractivity contribution in [2.24, 2.45) is 11.8 Å². The third kappa shape index (κ3) is 5.76. The van der Waals surface area contributed by atoms with Crippen LogP contribution in [0.5, 0.6) is 0 Å². The van der Waals surface area contributed by atoms with Crippen LogP contribution < -0.4 is 0 Å². The Bertz CT molecular complexity index is 1120. The Morgan fingerprint density at radius 3 is 2.53 bits per heavy atom. The Morgan fingerprint density at radius 2 is 1.84 bits per heavy atom. The molecule has 4 nitrogen and oxygen atoms in total. The molecule has 0 aliphatic carbocycles. The lowest BCUT2D eigenvalue weighted by Gasteiger charge is -2.41. The molecule has 0 amide bonds. The number of nitrogens with zero attached hydrogens (tertiary/aromatic N) is 1. The van der Waals surface area contributed by atoms with Gasteiger partial charge in [-0.05, 0) is 85.0 Å². The number of benzene rings is 2. The molecule has 0 saturated carbocycles. The fourth-order valence-corrected chi connectivity index (χ4v) is 6.37. The summed E-state index contributed by atoms with van der Waals surface area (Å²) in [5.74, 6) is -0.124. The number of hydrogen-bond acceptors (Lipinski definition) is 4. The van der Waals surface area contributed by atoms with Gasteiger partial charge >= 0.3 is 6.18 Å². The van der Waals surface area contributed by atoms with Crippen LogP contribution >= 0.6 is 0 Å². The molecule has 0 spiro atoms. The average Bonchev–Trinajstić information content (AvgIpc) is 3.33. The minimum absolute atomic E-state index is 0.0521. The summed E-state index contributed by atoms with van der Waals surface area (Å²) in [5, 5.41) is 0. The molecule has 38 heavy (non-hydrogen) atoms. The second kappa shape index (κ2) is 11.2. The first-order valence-corrected chi connectivity index (χ1v) is 13.3. The Morgan fingerprint density at radius 1 is 1.08 bits per heavy atom. The van der Waals surface area contributed by atoms with Gasteiger partial charge in [-0.25, -0.2) is 8.78 Å². The number of rotatable bonds is 6. The second-order valence-electron chi connectivity index (χ2n) is 10.8. The zero-order chi connectivity index (χ0) is 27.0. The molecule has 3 aliphatic heterocycles. The summed E-state index contributed by atoms with van der Waals surface area (Å²) >= 11 is 0. The predicted octanol–water partition coefficient (Wildman–Crippen LogP) is 6.57. The lowest BCUT2D eigenvalue weighted by atomic mass is 9.76. The molecular weight excluding hydrogens is 505 g/mol. The van der Waals surface area contributed by atoms with Crippen LogP contribution in [0.25, 0.3) is 0 Å². The molecule has 0 bridgehead atoms. The van der Waals surface area contributed by atoms with Crippen molar-refractivity contribution in [1.29, 1.82) is 0 Å². The van der Waals surface area contributed by atoms with E-state index in [2.05, 4.69) is 4.90 Å². The molecular formula is C29H34F5NO3. The topological polar surface area (TPSA) is 30.9 Å². The lowest BCUT2D eigenvalue weighted by molar-refractivity contribution is -0.217. The van der Waals surface area contributed by atoms with Gasteiger partial charge in [0, 0.05) is 38.3 Å². The zero-order valence-corrected chi connectivity index (χ0v) is 21.6. The number of ether oxygens (including phenoxy) is 3. The summed E-state index contributed by atoms with van der Waals surface area (Å²) in [7, 11) is 0. The Labute approximate surface area is 220 Å². The number of hydrogen-bond donors (Lipinski definition) is 0. The summed E-state index contributed by atoms with van der Waals surface area (Å²) in [6.07, 6.45) is -4.17. The van der Waals surface area contributed by atoms with E-state index in [1.807, 2.05) is 6.92 Å². The van der Waals surface area contributed by atoms with Crippen LogP contribution in [-0.4, -0.2) is 50.1 Å². The van der Waals surface area contributed by atoms with Crippen molar-refractivity contribution in [2.75, 3.05) is 32.9 Å². The zero-order valence-electron chi connectivity index (χ0n) is 21.6. The predicted molar refractivity (Wildman–Crippen MR) is 132 cm³/mol. The van der Waals surface area contributed by atoms with Crippen LogP contribution in [-0.2, 0) is 27.1 Å². The van der Waals surface area contributed by atoms with E-state index in [4.69, 9.17) is 14.2 Å². The number of alkyl halides is 4. The quantitative estimate of drug-likeness (QED) is 0.389. The summed E-state index contributed by atoms with van der Waals surface area (Å²) < 4.78 is 86.0. The summed E-state index contributed by atoms with van der Waals surface area (Å²) in [5.41, 5.74) is 0.979. The van der Waals surface area contributed by atoms with E-state index in [1.165, 1.54) is 18.2 Å². The Balaban J connectivity index is 1.43. The monoisotopic (exact) mass is 539 g/mol. The van der Waals surface area contributed by atoms with Crippen LogP contribution in [0, 0.1) is 24.6 Å². The molecule has 3 fully saturated rings. The number of aryl methyl sites for hydroxylation is 1. The molecule has 0 N–H and O–H groups in total. The minimum atomic E-state index is -4.60. The van der Waals surface area contributed by atoms with Crippen molar-refractivity contribution in [2.45, 2.75) is 63.9 Å². The molecule has 3 heterocycles. The van der Waals surface area contributed by atoms with Crippen molar-refractivity contribution in [3.05, 3.63) is 70.0 Å². The molecule has 3 saturated heterocycles. The maximum atomic E-state index is 14.0. The van der Waals surface area contributed by atoms with Crippen LogP contribution in [0.15, 0.2) is 36.4 Å². The highest BCUT2D eigenvalue weighted by Crippen LogP contribution is 2.46. The van der Waals surface area contributed by atoms with Gasteiger partial charge in [0.15, 0.2) is 6.29 Å². The van der Waals surface area contributed by atoms with Gasteiger partial charge in [0.25, 0.3) is 0 Å². The third-order valence-corrected chi connectivity index (χ3v) is 8.35. The fraction of sp³-hybridized carbons (Fsp3) is 0.586. The molecule has 0 radical (unpaired) electrons. The Hall–Kier alpha value is -2.07. The van der Waals surface area contributed by atoms with Gasteiger partial charge < -0.3 is 14.2 Å². The summed E-state index contributed by atoms with van der Waals surface area (Å²) in [6, 6.07) is 8.37. The summed E-state index contributed by atoms with van der Waals surface area (Å²) in [4.78, 5) is 2.50. The maximum Gasteiger partial charge on any atom is 0.416 e. The second-order valence-corrected chi connectivity index (χ2v) is 10.8. The largest absolute Gasteiger partial charge is 0.416 e. The van der Waals surface area contributed by atoms with E-state index in [1.54, 1.807) is 13.0 Å². The first-order valence-electron chi connectivity index (χ1n) is 13.3. The first-order chi connectivity index (χ1) is 18.1. The van der Waals surface area contributed by atoms with E-state index < -0.39 is 30.8 Å². The molecule has 5 atom stereocenters. The van der Waals surface area contributed by atoms with Crippen molar-refractivity contribution in [1.82, 2.24) is 4.90 Å². The highest BCUT2D eigenvalue weighted by atomic mass is 19.4. The van der Waals surface area contributed by atoms with Gasteiger partial charge in [-0.1, -0.05) is 12.1 Å². The normalized spacial score (nSPS) is 27.9. The van der Waals surface area contributed by atoms with E-state index >= 15 is 0 Å². The first kappa shape index (κ1) is 27.5. The molecule has 3 aliphatic rings. The van der Waals surface area contributed by atoms with Crippen LogP contribution in [0.1, 0.15) is 59.6 Å². The van der Waals surface area contributed by atoms with E-state index in [0.717, 1.165) is 62.4 Å². The minimum Gasteiger partial charge on any atom is -0.381 e. The van der Waals surface area contributed by atoms with Crippen molar-refractivity contribution >= 4 is 0 Å². The van der Waals surface area contributed by atoms with Crippen molar-refractivity contribution in [3.8, 4) is 0 Å². The molecule has 0 aromatic heterocycles. The van der Waals surface area contributed by atoms with E-state index in [0.29, 0.717) is 12.6 Å². The maximum absolute atomic E-state index is 14.0. The van der Waals surface area contributed by atoms with Crippen LogP contribution in [0.4, 0.5) is 22.0 Å². The smallest absolute Gasteiger partial charge is 0.381 e. The van der Waals surface area contributed by atoms with Crippen LogP contribution in [0.2, 0.25) is 0 Å². The number of halogens is 5. The standard InChI is InChI=1S/C29H34F5NO3/c1-17-9-23(31)3-4-25(17)27-26-15-35(24-5-7-36-8-6-24)14-21(26)16-37-28(27)38-18(2)20-10-19(13-30)11-22(12-20)29(32,33)34/h3-4,9-12,18,21,24,26-28H,5-8,13-16H2,1-2H3/t18-,21+,26-,27+,28-/m1/s1. The SMILES string of the molecule is Cc1cc(F)ccc1[C@@H]1[C@@H](O[C@H](C)c2cc(CF)cc(C(F)(F)F)c2)OC[C@@H]2CN(C3CCOCC3)C[C@H]21. The molecule has 2 aromatic carbocycles. The summed E-state index contributed by atoms with van der Waals surface area (Å²) in [6.45, 7) is 6.19. The third-order valence-electron chi connectivity index (χ3n) is 8.35. The van der Waals surface area contributed by atoms with Crippen molar-refractivity contribution < 1.29 is 36.2 Å². The molecule has 2 aromatic rings. The molecule has 0 unspecified atom stereocenters. The molecule has 9 heteroatoms. The van der Waals surface area contributed by atoms with Gasteiger partial charge in [0.1, 0.15) is 12.5 Å². The van der Waals surface area contributed by atoms with Gasteiger partial charge in [-0.2, -0.15) is 13.2 Å². The fourth-order valence-electron chi connectivity index (χ4n) is 6.37. The average molecular weight is 540 g/mol. The van der Waals surface area contributed by atoms with Crippen LogP contribution in [0.3, 0.4) is 0 Å². The van der Waals surface area contributed by atoms with Gasteiger partial charge in [0.05, 0.1) is 18.3 Å². The van der Waals surface area contributed by atoms with E-state index in [9.17, 15) is 22.0 Å². The van der Waals surface area contributed by atoms with Gasteiger partial charge in [-0.3, -0.25) is 4.90 Å².